The number of hydrogen-bond acceptors (Lipinski definition) is 3. The lowest BCUT2D eigenvalue weighted by Crippen LogP contribution is -2.30. The maximum absolute atomic E-state index is 13.1. The number of rotatable bonds is 5. The van der Waals surface area contributed by atoms with E-state index in [0.29, 0.717) is 17.1 Å². The molecule has 0 aliphatic carbocycles. The van der Waals surface area contributed by atoms with Crippen LogP contribution in [-0.2, 0) is 9.59 Å². The first kappa shape index (κ1) is 17.7. The van der Waals surface area contributed by atoms with Crippen LogP contribution >= 0.6 is 11.6 Å². The van der Waals surface area contributed by atoms with Crippen LogP contribution in [0.15, 0.2) is 42.5 Å². The Morgan fingerprint density at radius 1 is 1.08 bits per heavy atom. The first-order chi connectivity index (χ1) is 11.3. The Balaban J connectivity index is 1.95. The Morgan fingerprint density at radius 2 is 1.67 bits per heavy atom. The summed E-state index contributed by atoms with van der Waals surface area (Å²) in [6.45, 7) is 2.98. The third kappa shape index (κ3) is 4.96. The van der Waals surface area contributed by atoms with Crippen molar-refractivity contribution >= 4 is 34.8 Å². The van der Waals surface area contributed by atoms with E-state index < -0.39 is 11.9 Å². The Hall–Kier alpha value is -2.60. The number of ether oxygens (including phenoxy) is 1. The minimum absolute atomic E-state index is 0.0753. The number of anilines is 2. The minimum atomic E-state index is -0.804. The largest absolute Gasteiger partial charge is 0.481 e. The molecule has 0 bridgehead atoms. The predicted octanol–water partition coefficient (Wildman–Crippen LogP) is 3.84. The van der Waals surface area contributed by atoms with Crippen molar-refractivity contribution in [1.29, 1.82) is 0 Å². The molecule has 5 nitrogen and oxygen atoms in total. The van der Waals surface area contributed by atoms with Crippen LogP contribution in [0.2, 0.25) is 5.02 Å². The van der Waals surface area contributed by atoms with Gasteiger partial charge in [-0.25, -0.2) is 4.39 Å². The van der Waals surface area contributed by atoms with Gasteiger partial charge in [-0.2, -0.15) is 0 Å². The molecular formula is C17H16ClFN2O3. The molecule has 0 fully saturated rings. The van der Waals surface area contributed by atoms with Gasteiger partial charge in [0.15, 0.2) is 6.10 Å². The van der Waals surface area contributed by atoms with Crippen molar-refractivity contribution in [3.8, 4) is 5.75 Å². The number of carbonyl (C=O) groups is 2. The summed E-state index contributed by atoms with van der Waals surface area (Å²) in [5.74, 6) is -0.806. The van der Waals surface area contributed by atoms with Gasteiger partial charge in [-0.05, 0) is 43.3 Å². The topological polar surface area (TPSA) is 67.4 Å². The Labute approximate surface area is 143 Å². The molecule has 24 heavy (non-hydrogen) atoms. The molecule has 0 aliphatic heterocycles. The summed E-state index contributed by atoms with van der Waals surface area (Å²) in [5.41, 5.74) is 1.19. The summed E-state index contributed by atoms with van der Waals surface area (Å²) < 4.78 is 18.5. The highest BCUT2D eigenvalue weighted by atomic mass is 35.5. The van der Waals surface area contributed by atoms with E-state index in [-0.39, 0.29) is 16.8 Å². The highest BCUT2D eigenvalue weighted by Gasteiger charge is 2.15. The molecule has 0 radical (unpaired) electrons. The van der Waals surface area contributed by atoms with Gasteiger partial charge in [0.25, 0.3) is 5.91 Å². The Kier molecular flexibility index (Phi) is 5.76. The molecule has 0 unspecified atom stereocenters. The van der Waals surface area contributed by atoms with Crippen LogP contribution < -0.4 is 15.4 Å². The quantitative estimate of drug-likeness (QED) is 0.860. The van der Waals surface area contributed by atoms with Crippen LogP contribution in [0.4, 0.5) is 15.8 Å². The molecule has 0 saturated carbocycles. The molecule has 0 heterocycles. The number of benzene rings is 2. The van der Waals surface area contributed by atoms with Gasteiger partial charge in [-0.3, -0.25) is 9.59 Å². The molecular weight excluding hydrogens is 335 g/mol. The van der Waals surface area contributed by atoms with E-state index in [2.05, 4.69) is 10.6 Å². The highest BCUT2D eigenvalue weighted by molar-refractivity contribution is 6.30. The SMILES string of the molecule is CC(=O)Nc1ccc(NC(=O)[C@H](C)Oc2ccc(F)c(Cl)c2)cc1. The first-order valence-electron chi connectivity index (χ1n) is 7.15. The fraction of sp³-hybridized carbons (Fsp3) is 0.176. The van der Waals surface area contributed by atoms with Crippen molar-refractivity contribution in [2.24, 2.45) is 0 Å². The fourth-order valence-electron chi connectivity index (χ4n) is 1.89. The standard InChI is InChI=1S/C17H16ClFN2O3/c1-10(24-14-7-8-16(19)15(18)9-14)17(23)21-13-5-3-12(4-6-13)20-11(2)22/h3-10H,1-2H3,(H,20,22)(H,21,23)/t10-/m0/s1. The van der Waals surface area contributed by atoms with Crippen LogP contribution in [0, 0.1) is 5.82 Å². The minimum Gasteiger partial charge on any atom is -0.481 e. The van der Waals surface area contributed by atoms with Crippen molar-refractivity contribution in [3.05, 3.63) is 53.3 Å². The van der Waals surface area contributed by atoms with E-state index in [9.17, 15) is 14.0 Å². The molecule has 2 amide bonds. The second-order valence-corrected chi connectivity index (χ2v) is 5.49. The third-order valence-electron chi connectivity index (χ3n) is 3.05. The van der Waals surface area contributed by atoms with Crippen molar-refractivity contribution in [2.45, 2.75) is 20.0 Å². The fourth-order valence-corrected chi connectivity index (χ4v) is 2.06. The lowest BCUT2D eigenvalue weighted by molar-refractivity contribution is -0.122. The Morgan fingerprint density at radius 3 is 2.21 bits per heavy atom. The van der Waals surface area contributed by atoms with E-state index in [1.54, 1.807) is 31.2 Å². The summed E-state index contributed by atoms with van der Waals surface area (Å²) in [4.78, 5) is 23.1. The zero-order valence-electron chi connectivity index (χ0n) is 13.1. The molecule has 0 aliphatic rings. The summed E-state index contributed by atoms with van der Waals surface area (Å²) >= 11 is 5.67. The molecule has 0 saturated heterocycles. The maximum atomic E-state index is 13.1. The van der Waals surface area contributed by atoms with E-state index >= 15 is 0 Å². The van der Waals surface area contributed by atoms with Crippen LogP contribution in [-0.4, -0.2) is 17.9 Å². The van der Waals surface area contributed by atoms with Gasteiger partial charge < -0.3 is 15.4 Å². The van der Waals surface area contributed by atoms with Crippen LogP contribution in [0.1, 0.15) is 13.8 Å². The lowest BCUT2D eigenvalue weighted by atomic mass is 10.2. The van der Waals surface area contributed by atoms with Gasteiger partial charge in [-0.15, -0.1) is 0 Å². The summed E-state index contributed by atoms with van der Waals surface area (Å²) in [5, 5.41) is 5.24. The summed E-state index contributed by atoms with van der Waals surface area (Å²) in [6.07, 6.45) is -0.804. The van der Waals surface area contributed by atoms with Crippen LogP contribution in [0.3, 0.4) is 0 Å². The number of nitrogens with one attached hydrogen (secondary N) is 2. The van der Waals surface area contributed by atoms with Gasteiger partial charge in [0, 0.05) is 24.4 Å². The second-order valence-electron chi connectivity index (χ2n) is 5.08. The summed E-state index contributed by atoms with van der Waals surface area (Å²) in [7, 11) is 0. The van der Waals surface area contributed by atoms with E-state index in [1.807, 2.05) is 0 Å². The average Bonchev–Trinajstić information content (AvgIpc) is 2.52. The van der Waals surface area contributed by atoms with Crippen molar-refractivity contribution in [1.82, 2.24) is 0 Å². The van der Waals surface area contributed by atoms with Gasteiger partial charge >= 0.3 is 0 Å². The van der Waals surface area contributed by atoms with Gasteiger partial charge in [0.2, 0.25) is 5.91 Å². The number of amides is 2. The number of hydrogen-bond donors (Lipinski definition) is 2. The van der Waals surface area contributed by atoms with Gasteiger partial charge in [0.1, 0.15) is 11.6 Å². The van der Waals surface area contributed by atoms with E-state index in [0.717, 1.165) is 0 Å². The number of carbonyl (C=O) groups excluding carboxylic acids is 2. The zero-order chi connectivity index (χ0) is 17.7. The molecule has 2 aromatic rings. The molecule has 0 spiro atoms. The number of halogens is 2. The zero-order valence-corrected chi connectivity index (χ0v) is 13.9. The van der Waals surface area contributed by atoms with Crippen molar-refractivity contribution in [2.75, 3.05) is 10.6 Å². The molecule has 0 aromatic heterocycles. The van der Waals surface area contributed by atoms with Gasteiger partial charge in [-0.1, -0.05) is 11.6 Å². The maximum Gasteiger partial charge on any atom is 0.265 e. The molecule has 2 aromatic carbocycles. The lowest BCUT2D eigenvalue weighted by Gasteiger charge is -2.15. The monoisotopic (exact) mass is 350 g/mol. The predicted molar refractivity (Wildman–Crippen MR) is 90.9 cm³/mol. The molecule has 2 N–H and O–H groups in total. The van der Waals surface area contributed by atoms with Crippen LogP contribution in [0.5, 0.6) is 5.75 Å². The summed E-state index contributed by atoms with van der Waals surface area (Å²) in [6, 6.07) is 10.5. The molecule has 1 atom stereocenters. The second kappa shape index (κ2) is 7.79. The smallest absolute Gasteiger partial charge is 0.265 e. The molecule has 7 heteroatoms. The normalized spacial score (nSPS) is 11.5. The molecule has 2 rings (SSSR count). The van der Waals surface area contributed by atoms with E-state index in [4.69, 9.17) is 16.3 Å². The average molecular weight is 351 g/mol. The Bertz CT molecular complexity index is 750. The van der Waals surface area contributed by atoms with Crippen molar-refractivity contribution < 1.29 is 18.7 Å². The third-order valence-corrected chi connectivity index (χ3v) is 3.34. The van der Waals surface area contributed by atoms with Gasteiger partial charge in [0.05, 0.1) is 5.02 Å². The van der Waals surface area contributed by atoms with E-state index in [1.165, 1.54) is 25.1 Å². The van der Waals surface area contributed by atoms with Crippen LogP contribution in [0.25, 0.3) is 0 Å². The highest BCUT2D eigenvalue weighted by Crippen LogP contribution is 2.22. The van der Waals surface area contributed by atoms with Crippen molar-refractivity contribution in [3.63, 3.8) is 0 Å². The first-order valence-corrected chi connectivity index (χ1v) is 7.53. The molecule has 126 valence electrons.